The van der Waals surface area contributed by atoms with Gasteiger partial charge < -0.3 is 20.3 Å². The maximum atomic E-state index is 13.8. The Kier molecular flexibility index (Phi) is 5.56. The first-order valence-electron chi connectivity index (χ1n) is 5.55. The summed E-state index contributed by atoms with van der Waals surface area (Å²) in [5, 5.41) is 9.64. The number of phenolic OH excluding ortho intramolecular Hbond substituents is 1. The van der Waals surface area contributed by atoms with Crippen LogP contribution in [0.15, 0.2) is 16.6 Å². The lowest BCUT2D eigenvalue weighted by molar-refractivity contribution is -0.149. The molecule has 19 heavy (non-hydrogen) atoms. The molecule has 1 aromatic rings. The molecule has 0 fully saturated rings. The van der Waals surface area contributed by atoms with Crippen LogP contribution in [0.5, 0.6) is 11.5 Å². The Labute approximate surface area is 118 Å². The summed E-state index contributed by atoms with van der Waals surface area (Å²) in [4.78, 5) is 11.3. The molecule has 0 bridgehead atoms. The highest BCUT2D eigenvalue weighted by molar-refractivity contribution is 9.10. The average Bonchev–Trinajstić information content (AvgIpc) is 2.40. The molecule has 106 valence electrons. The fourth-order valence-corrected chi connectivity index (χ4v) is 1.94. The number of methoxy groups -OCH3 is 1. The number of ether oxygens (including phenoxy) is 2. The molecule has 1 aromatic carbocycles. The van der Waals surface area contributed by atoms with Crippen LogP contribution in [0.25, 0.3) is 0 Å². The van der Waals surface area contributed by atoms with Crippen LogP contribution in [-0.4, -0.2) is 31.0 Å². The molecule has 1 rings (SSSR count). The van der Waals surface area contributed by atoms with E-state index in [9.17, 15) is 14.3 Å². The van der Waals surface area contributed by atoms with Crippen molar-refractivity contribution in [3.63, 3.8) is 0 Å². The third kappa shape index (κ3) is 3.57. The lowest BCUT2D eigenvalue weighted by atomic mass is 10.0. The van der Waals surface area contributed by atoms with E-state index in [0.29, 0.717) is 10.0 Å². The summed E-state index contributed by atoms with van der Waals surface area (Å²) in [6.07, 6.45) is -1.99. The zero-order valence-corrected chi connectivity index (χ0v) is 12.1. The molecular weight excluding hydrogens is 321 g/mol. The van der Waals surface area contributed by atoms with Crippen molar-refractivity contribution in [3.05, 3.63) is 22.2 Å². The second kappa shape index (κ2) is 6.72. The van der Waals surface area contributed by atoms with Crippen LogP contribution in [0.3, 0.4) is 0 Å². The fraction of sp³-hybridized carbons (Fsp3) is 0.417. The number of aromatic hydroxyl groups is 1. The van der Waals surface area contributed by atoms with Crippen LogP contribution < -0.4 is 10.5 Å². The monoisotopic (exact) mass is 335 g/mol. The fourth-order valence-electron chi connectivity index (χ4n) is 1.48. The van der Waals surface area contributed by atoms with Gasteiger partial charge in [0.2, 0.25) is 6.17 Å². The maximum Gasteiger partial charge on any atom is 0.342 e. The number of hydrogen-bond donors (Lipinski definition) is 2. The summed E-state index contributed by atoms with van der Waals surface area (Å²) in [6.45, 7) is 1.66. The lowest BCUT2D eigenvalue weighted by Gasteiger charge is -2.17. The second-order valence-corrected chi connectivity index (χ2v) is 4.59. The van der Waals surface area contributed by atoms with Gasteiger partial charge in [0.1, 0.15) is 0 Å². The average molecular weight is 336 g/mol. The standard InChI is InChI=1S/C12H15BrFNO4/c1-3-19-12(17)9(14)10(15)6-4-7(13)11(16)8(5-6)18-2/h4-5,9-10,16H,3,15H2,1-2H3/t9?,10-/m1/s1. The highest BCUT2D eigenvalue weighted by Gasteiger charge is 2.29. The number of rotatable bonds is 5. The van der Waals surface area contributed by atoms with Crippen LogP contribution >= 0.6 is 15.9 Å². The van der Waals surface area contributed by atoms with Crippen molar-refractivity contribution in [3.8, 4) is 11.5 Å². The van der Waals surface area contributed by atoms with Gasteiger partial charge >= 0.3 is 5.97 Å². The van der Waals surface area contributed by atoms with Crippen LogP contribution in [0.4, 0.5) is 4.39 Å². The number of alkyl halides is 1. The Morgan fingerprint density at radius 3 is 2.74 bits per heavy atom. The number of halogens is 2. The molecule has 0 heterocycles. The predicted molar refractivity (Wildman–Crippen MR) is 70.8 cm³/mol. The SMILES string of the molecule is CCOC(=O)C(F)[C@H](N)c1cc(Br)c(O)c(OC)c1. The molecule has 0 spiro atoms. The molecule has 0 saturated carbocycles. The van der Waals surface area contributed by atoms with E-state index in [1.165, 1.54) is 19.2 Å². The minimum absolute atomic E-state index is 0.0779. The normalized spacial score (nSPS) is 13.7. The maximum absolute atomic E-state index is 13.8. The number of carbonyl (C=O) groups is 1. The Hall–Kier alpha value is -1.34. The van der Waals surface area contributed by atoms with Gasteiger partial charge in [0, 0.05) is 0 Å². The van der Waals surface area contributed by atoms with Gasteiger partial charge in [0.15, 0.2) is 11.5 Å². The van der Waals surface area contributed by atoms with Gasteiger partial charge in [-0.1, -0.05) is 0 Å². The molecule has 0 amide bonds. The van der Waals surface area contributed by atoms with Crippen LogP contribution in [-0.2, 0) is 9.53 Å². The first-order chi connectivity index (χ1) is 8.92. The predicted octanol–water partition coefficient (Wildman–Crippen LogP) is 2.06. The summed E-state index contributed by atoms with van der Waals surface area (Å²) < 4.78 is 23.6. The molecule has 2 atom stereocenters. The van der Waals surface area contributed by atoms with Gasteiger partial charge in [-0.2, -0.15) is 0 Å². The van der Waals surface area contributed by atoms with E-state index in [1.54, 1.807) is 6.92 Å². The van der Waals surface area contributed by atoms with Crippen molar-refractivity contribution >= 4 is 21.9 Å². The third-order valence-electron chi connectivity index (χ3n) is 2.48. The molecule has 0 aromatic heterocycles. The van der Waals surface area contributed by atoms with E-state index in [0.717, 1.165) is 0 Å². The Morgan fingerprint density at radius 2 is 2.21 bits per heavy atom. The van der Waals surface area contributed by atoms with Gasteiger partial charge in [-0.15, -0.1) is 0 Å². The summed E-state index contributed by atoms with van der Waals surface area (Å²) in [6, 6.07) is 1.59. The second-order valence-electron chi connectivity index (χ2n) is 3.73. The van der Waals surface area contributed by atoms with Crippen molar-refractivity contribution in [1.82, 2.24) is 0 Å². The molecule has 0 aliphatic heterocycles. The van der Waals surface area contributed by atoms with E-state index in [2.05, 4.69) is 20.7 Å². The van der Waals surface area contributed by atoms with E-state index < -0.39 is 18.2 Å². The molecule has 0 aliphatic rings. The molecule has 7 heteroatoms. The highest BCUT2D eigenvalue weighted by atomic mass is 79.9. The van der Waals surface area contributed by atoms with Crippen molar-refractivity contribution in [2.45, 2.75) is 19.1 Å². The first-order valence-corrected chi connectivity index (χ1v) is 6.34. The minimum atomic E-state index is -1.99. The Bertz CT molecular complexity index is 469. The van der Waals surface area contributed by atoms with Crippen molar-refractivity contribution in [2.75, 3.05) is 13.7 Å². The summed E-state index contributed by atoms with van der Waals surface area (Å²) in [5.74, 6) is -1.00. The van der Waals surface area contributed by atoms with E-state index >= 15 is 0 Å². The number of hydrogen-bond acceptors (Lipinski definition) is 5. The molecule has 1 unspecified atom stereocenters. The zero-order chi connectivity index (χ0) is 14.6. The smallest absolute Gasteiger partial charge is 0.342 e. The van der Waals surface area contributed by atoms with Crippen molar-refractivity contribution in [2.24, 2.45) is 5.73 Å². The van der Waals surface area contributed by atoms with Crippen LogP contribution in [0.1, 0.15) is 18.5 Å². The van der Waals surface area contributed by atoms with Gasteiger partial charge in [-0.25, -0.2) is 9.18 Å². The summed E-state index contributed by atoms with van der Waals surface area (Å²) >= 11 is 3.10. The number of carbonyl (C=O) groups excluding carboxylic acids is 1. The first kappa shape index (κ1) is 15.7. The van der Waals surface area contributed by atoms with Gasteiger partial charge in [0.05, 0.1) is 24.2 Å². The third-order valence-corrected chi connectivity index (χ3v) is 3.09. The van der Waals surface area contributed by atoms with Crippen LogP contribution in [0.2, 0.25) is 0 Å². The number of esters is 1. The topological polar surface area (TPSA) is 81.8 Å². The number of phenols is 1. The van der Waals surface area contributed by atoms with E-state index in [1.807, 2.05) is 0 Å². The number of nitrogens with two attached hydrogens (primary N) is 1. The highest BCUT2D eigenvalue weighted by Crippen LogP contribution is 2.37. The molecule has 0 aliphatic carbocycles. The summed E-state index contributed by atoms with van der Waals surface area (Å²) in [7, 11) is 1.36. The molecule has 5 nitrogen and oxygen atoms in total. The Morgan fingerprint density at radius 1 is 1.58 bits per heavy atom. The zero-order valence-electron chi connectivity index (χ0n) is 10.5. The van der Waals surface area contributed by atoms with E-state index in [-0.39, 0.29) is 18.1 Å². The molecular formula is C12H15BrFNO4. The lowest BCUT2D eigenvalue weighted by Crippen LogP contribution is -2.31. The largest absolute Gasteiger partial charge is 0.503 e. The van der Waals surface area contributed by atoms with Gasteiger partial charge in [-0.05, 0) is 40.5 Å². The molecule has 0 radical (unpaired) electrons. The minimum Gasteiger partial charge on any atom is -0.503 e. The van der Waals surface area contributed by atoms with Crippen molar-refractivity contribution in [1.29, 1.82) is 0 Å². The van der Waals surface area contributed by atoms with Gasteiger partial charge in [0.25, 0.3) is 0 Å². The number of benzene rings is 1. The summed E-state index contributed by atoms with van der Waals surface area (Å²) in [5.41, 5.74) is 5.99. The van der Waals surface area contributed by atoms with E-state index in [4.69, 9.17) is 10.5 Å². The molecule has 0 saturated heterocycles. The quantitative estimate of drug-likeness (QED) is 0.805. The molecule has 3 N–H and O–H groups in total. The van der Waals surface area contributed by atoms with Crippen LogP contribution in [0, 0.1) is 0 Å². The van der Waals surface area contributed by atoms with Gasteiger partial charge in [-0.3, -0.25) is 0 Å². The van der Waals surface area contributed by atoms with Crippen molar-refractivity contribution < 1.29 is 23.8 Å². The Balaban J connectivity index is 3.02.